The molecule has 0 aliphatic carbocycles. The van der Waals surface area contributed by atoms with Crippen LogP contribution in [-0.4, -0.2) is 31.8 Å². The quantitative estimate of drug-likeness (QED) is 0.577. The van der Waals surface area contributed by atoms with E-state index in [0.717, 1.165) is 20.9 Å². The molecule has 0 aliphatic rings. The predicted molar refractivity (Wildman–Crippen MR) is 97.8 cm³/mol. The summed E-state index contributed by atoms with van der Waals surface area (Å²) in [7, 11) is 1.61. The van der Waals surface area contributed by atoms with Gasteiger partial charge in [0, 0.05) is 10.5 Å². The molecule has 0 amide bonds. The number of aromatic nitrogens is 4. The van der Waals surface area contributed by atoms with Crippen molar-refractivity contribution in [3.05, 3.63) is 65.5 Å². The van der Waals surface area contributed by atoms with Crippen molar-refractivity contribution in [3.8, 4) is 22.6 Å². The van der Waals surface area contributed by atoms with Crippen molar-refractivity contribution in [1.29, 1.82) is 0 Å². The van der Waals surface area contributed by atoms with Gasteiger partial charge in [0.1, 0.15) is 11.5 Å². The molecule has 0 saturated heterocycles. The van der Waals surface area contributed by atoms with E-state index >= 15 is 0 Å². The first-order valence-electron chi connectivity index (χ1n) is 7.72. The van der Waals surface area contributed by atoms with Crippen LogP contribution in [0.25, 0.3) is 16.8 Å². The summed E-state index contributed by atoms with van der Waals surface area (Å²) >= 11 is 1.53. The first kappa shape index (κ1) is 16.2. The van der Waals surface area contributed by atoms with Gasteiger partial charge in [0.25, 0.3) is 0 Å². The molecule has 0 atom stereocenters. The first-order valence-corrected chi connectivity index (χ1v) is 8.54. The van der Waals surface area contributed by atoms with Crippen LogP contribution in [0.15, 0.2) is 69.6 Å². The second kappa shape index (κ2) is 6.57. The van der Waals surface area contributed by atoms with E-state index in [1.807, 2.05) is 30.3 Å². The molecule has 8 heteroatoms. The van der Waals surface area contributed by atoms with Crippen molar-refractivity contribution < 1.29 is 9.84 Å². The lowest BCUT2D eigenvalue weighted by Crippen LogP contribution is -2.17. The molecule has 130 valence electrons. The topological polar surface area (TPSA) is 92.5 Å². The third kappa shape index (κ3) is 2.91. The number of rotatable bonds is 4. The summed E-state index contributed by atoms with van der Waals surface area (Å²) in [5, 5.41) is 13.5. The van der Waals surface area contributed by atoms with Crippen LogP contribution in [0, 0.1) is 0 Å². The molecule has 0 saturated carbocycles. The van der Waals surface area contributed by atoms with Crippen molar-refractivity contribution in [3.63, 3.8) is 0 Å². The van der Waals surface area contributed by atoms with Crippen LogP contribution in [0.2, 0.25) is 0 Å². The molecule has 2 heterocycles. The van der Waals surface area contributed by atoms with Crippen molar-refractivity contribution in [2.75, 3.05) is 7.11 Å². The Labute approximate surface area is 152 Å². The highest BCUT2D eigenvalue weighted by atomic mass is 32.2. The van der Waals surface area contributed by atoms with E-state index < -0.39 is 0 Å². The Morgan fingerprint density at radius 1 is 1.19 bits per heavy atom. The standard InChI is InChI=1S/C18H14N4O3S/c1-25-15-8-11(14-9-21-22-17(14)19-10-20-18(22)24)2-7-16(15)26-13-5-3-12(23)4-6-13/h2-10,23H,1H3,(H,19,20,24). The van der Waals surface area contributed by atoms with E-state index in [-0.39, 0.29) is 11.4 Å². The number of aromatic amines is 1. The molecule has 0 radical (unpaired) electrons. The van der Waals surface area contributed by atoms with Crippen molar-refractivity contribution in [2.24, 2.45) is 0 Å². The summed E-state index contributed by atoms with van der Waals surface area (Å²) in [4.78, 5) is 20.4. The number of aromatic hydroxyl groups is 1. The summed E-state index contributed by atoms with van der Waals surface area (Å²) in [5.41, 5.74) is 1.74. The molecule has 0 fully saturated rings. The smallest absolute Gasteiger partial charge is 0.349 e. The van der Waals surface area contributed by atoms with Gasteiger partial charge in [-0.25, -0.2) is 9.78 Å². The molecule has 2 aromatic heterocycles. The number of benzene rings is 2. The Balaban J connectivity index is 1.73. The zero-order valence-corrected chi connectivity index (χ0v) is 14.5. The zero-order chi connectivity index (χ0) is 18.1. The number of phenols is 1. The molecular formula is C18H14N4O3S. The van der Waals surface area contributed by atoms with Crippen LogP contribution >= 0.6 is 11.8 Å². The van der Waals surface area contributed by atoms with Gasteiger partial charge in [0.15, 0.2) is 5.65 Å². The van der Waals surface area contributed by atoms with Crippen LogP contribution in [0.3, 0.4) is 0 Å². The maximum absolute atomic E-state index is 11.8. The number of phenolic OH excluding ortho intramolecular Hbond substituents is 1. The summed E-state index contributed by atoms with van der Waals surface area (Å²) in [5.74, 6) is 0.928. The highest BCUT2D eigenvalue weighted by Gasteiger charge is 2.13. The minimum absolute atomic E-state index is 0.229. The third-order valence-electron chi connectivity index (χ3n) is 3.85. The lowest BCUT2D eigenvalue weighted by atomic mass is 10.1. The highest BCUT2D eigenvalue weighted by Crippen LogP contribution is 2.38. The predicted octanol–water partition coefficient (Wildman–Crippen LogP) is 2.95. The average molecular weight is 366 g/mol. The SMILES string of the molecule is COc1cc(-c2cnn3c(=O)[nH]cnc23)ccc1Sc1ccc(O)cc1. The van der Waals surface area contributed by atoms with Crippen LogP contribution in [0.1, 0.15) is 0 Å². The molecule has 4 aromatic rings. The third-order valence-corrected chi connectivity index (χ3v) is 4.92. The molecule has 2 aromatic carbocycles. The number of fused-ring (bicyclic) bond motifs is 1. The number of nitrogens with one attached hydrogen (secondary N) is 1. The van der Waals surface area contributed by atoms with Gasteiger partial charge >= 0.3 is 5.69 Å². The largest absolute Gasteiger partial charge is 0.508 e. The van der Waals surface area contributed by atoms with Crippen molar-refractivity contribution in [2.45, 2.75) is 9.79 Å². The van der Waals surface area contributed by atoms with Gasteiger partial charge in [0.05, 0.1) is 24.5 Å². The molecular weight excluding hydrogens is 352 g/mol. The summed E-state index contributed by atoms with van der Waals surface area (Å²) in [6.07, 6.45) is 2.97. The fourth-order valence-electron chi connectivity index (χ4n) is 2.59. The molecule has 0 bridgehead atoms. The lowest BCUT2D eigenvalue weighted by Gasteiger charge is -2.10. The fraction of sp³-hybridized carbons (Fsp3) is 0.0556. The van der Waals surface area contributed by atoms with Crippen LogP contribution in [0.5, 0.6) is 11.5 Å². The first-order chi connectivity index (χ1) is 12.7. The maximum Gasteiger partial charge on any atom is 0.349 e. The van der Waals surface area contributed by atoms with Gasteiger partial charge in [-0.05, 0) is 42.0 Å². The number of H-pyrrole nitrogens is 1. The highest BCUT2D eigenvalue weighted by molar-refractivity contribution is 7.99. The van der Waals surface area contributed by atoms with Gasteiger partial charge in [-0.15, -0.1) is 0 Å². The van der Waals surface area contributed by atoms with Crippen LogP contribution in [-0.2, 0) is 0 Å². The molecule has 26 heavy (non-hydrogen) atoms. The summed E-state index contributed by atoms with van der Waals surface area (Å²) < 4.78 is 6.75. The Morgan fingerprint density at radius 2 is 2.00 bits per heavy atom. The van der Waals surface area contributed by atoms with Gasteiger partial charge in [-0.1, -0.05) is 17.8 Å². The Kier molecular flexibility index (Phi) is 4.10. The van der Waals surface area contributed by atoms with Gasteiger partial charge < -0.3 is 9.84 Å². The Morgan fingerprint density at radius 3 is 2.77 bits per heavy atom. The van der Waals surface area contributed by atoms with Gasteiger partial charge in [0.2, 0.25) is 0 Å². The summed E-state index contributed by atoms with van der Waals surface area (Å²) in [6, 6.07) is 12.7. The maximum atomic E-state index is 11.8. The molecule has 0 aliphatic heterocycles. The number of hydrogen-bond acceptors (Lipinski definition) is 6. The second-order valence-corrected chi connectivity index (χ2v) is 6.58. The zero-order valence-electron chi connectivity index (χ0n) is 13.7. The van der Waals surface area contributed by atoms with E-state index in [4.69, 9.17) is 4.74 Å². The van der Waals surface area contributed by atoms with E-state index in [1.54, 1.807) is 25.4 Å². The van der Waals surface area contributed by atoms with E-state index in [2.05, 4.69) is 15.1 Å². The van der Waals surface area contributed by atoms with E-state index in [9.17, 15) is 9.90 Å². The number of hydrogen-bond donors (Lipinski definition) is 2. The second-order valence-electron chi connectivity index (χ2n) is 5.46. The molecule has 4 rings (SSSR count). The Bertz CT molecular complexity index is 1140. The minimum Gasteiger partial charge on any atom is -0.508 e. The number of nitrogens with zero attached hydrogens (tertiary/aromatic N) is 3. The van der Waals surface area contributed by atoms with Crippen molar-refractivity contribution in [1.82, 2.24) is 19.6 Å². The summed E-state index contributed by atoms with van der Waals surface area (Å²) in [6.45, 7) is 0. The van der Waals surface area contributed by atoms with Gasteiger partial charge in [-0.3, -0.25) is 4.98 Å². The van der Waals surface area contributed by atoms with Gasteiger partial charge in [-0.2, -0.15) is 9.61 Å². The molecule has 2 N–H and O–H groups in total. The van der Waals surface area contributed by atoms with Crippen LogP contribution < -0.4 is 10.4 Å². The number of methoxy groups -OCH3 is 1. The molecule has 0 unspecified atom stereocenters. The monoisotopic (exact) mass is 366 g/mol. The molecule has 0 spiro atoms. The minimum atomic E-state index is -0.340. The van der Waals surface area contributed by atoms with E-state index in [1.165, 1.54) is 22.6 Å². The number of ether oxygens (including phenoxy) is 1. The lowest BCUT2D eigenvalue weighted by molar-refractivity contribution is 0.405. The van der Waals surface area contributed by atoms with E-state index in [0.29, 0.717) is 11.4 Å². The fourth-order valence-corrected chi connectivity index (χ4v) is 3.49. The Hall–Kier alpha value is -3.26. The average Bonchev–Trinajstić information content (AvgIpc) is 3.09. The van der Waals surface area contributed by atoms with Crippen molar-refractivity contribution >= 4 is 17.4 Å². The normalized spacial score (nSPS) is 11.0. The molecule has 7 nitrogen and oxygen atoms in total. The van der Waals surface area contributed by atoms with Crippen LogP contribution in [0.4, 0.5) is 0 Å².